The Kier molecular flexibility index (Phi) is 5.66. The number of aliphatic hydroxyl groups is 1. The van der Waals surface area contributed by atoms with Gasteiger partial charge < -0.3 is 16.2 Å². The monoisotopic (exact) mass is 240 g/mol. The van der Waals surface area contributed by atoms with Crippen molar-refractivity contribution < 1.29 is 5.11 Å². The van der Waals surface area contributed by atoms with E-state index in [9.17, 15) is 0 Å². The zero-order valence-electron chi connectivity index (χ0n) is 9.81. The summed E-state index contributed by atoms with van der Waals surface area (Å²) in [4.78, 5) is 0. The van der Waals surface area contributed by atoms with E-state index in [2.05, 4.69) is 12.2 Å². The highest BCUT2D eigenvalue weighted by molar-refractivity contribution is 7.99. The molecule has 0 aromatic heterocycles. The summed E-state index contributed by atoms with van der Waals surface area (Å²) in [5, 5.41) is 12.8. The molecule has 2 unspecified atom stereocenters. The summed E-state index contributed by atoms with van der Waals surface area (Å²) in [6.45, 7) is 3.01. The minimum atomic E-state index is 0.194. The minimum absolute atomic E-state index is 0.194. The van der Waals surface area contributed by atoms with Gasteiger partial charge in [0.1, 0.15) is 0 Å². The zero-order valence-corrected chi connectivity index (χ0v) is 10.6. The number of thioether (sulfide) groups is 1. The van der Waals surface area contributed by atoms with Gasteiger partial charge in [0.15, 0.2) is 0 Å². The Labute approximate surface area is 101 Å². The standard InChI is InChI=1S/C12H20N2OS/c1-9(12(8-15)16-2)14-7-10-5-3-4-6-11(10)13/h3-6,9,12,14-15H,7-8,13H2,1-2H3. The first kappa shape index (κ1) is 13.4. The van der Waals surface area contributed by atoms with Gasteiger partial charge in [0.25, 0.3) is 0 Å². The number of nitrogens with two attached hydrogens (primary N) is 1. The highest BCUT2D eigenvalue weighted by atomic mass is 32.2. The Morgan fingerprint density at radius 1 is 1.44 bits per heavy atom. The van der Waals surface area contributed by atoms with Crippen LogP contribution in [0.4, 0.5) is 5.69 Å². The molecule has 0 fully saturated rings. The summed E-state index contributed by atoms with van der Waals surface area (Å²) in [7, 11) is 0. The number of hydrogen-bond donors (Lipinski definition) is 3. The fraction of sp³-hybridized carbons (Fsp3) is 0.500. The van der Waals surface area contributed by atoms with Crippen molar-refractivity contribution in [3.63, 3.8) is 0 Å². The summed E-state index contributed by atoms with van der Waals surface area (Å²) in [5.74, 6) is 0. The van der Waals surface area contributed by atoms with E-state index in [-0.39, 0.29) is 17.9 Å². The van der Waals surface area contributed by atoms with Gasteiger partial charge in [-0.15, -0.1) is 0 Å². The summed E-state index contributed by atoms with van der Waals surface area (Å²) < 4.78 is 0. The van der Waals surface area contributed by atoms with Gasteiger partial charge in [-0.1, -0.05) is 18.2 Å². The lowest BCUT2D eigenvalue weighted by molar-refractivity contribution is 0.276. The molecule has 0 aliphatic rings. The summed E-state index contributed by atoms with van der Waals surface area (Å²) in [6.07, 6.45) is 2.01. The molecule has 1 aromatic carbocycles. The van der Waals surface area contributed by atoms with Crippen molar-refractivity contribution in [2.24, 2.45) is 0 Å². The summed E-state index contributed by atoms with van der Waals surface area (Å²) >= 11 is 1.67. The average Bonchev–Trinajstić information content (AvgIpc) is 2.29. The molecule has 0 spiro atoms. The van der Waals surface area contributed by atoms with Gasteiger partial charge in [0.05, 0.1) is 6.61 Å². The fourth-order valence-corrected chi connectivity index (χ4v) is 2.19. The number of aliphatic hydroxyl groups excluding tert-OH is 1. The molecule has 0 aliphatic carbocycles. The molecule has 4 N–H and O–H groups in total. The second kappa shape index (κ2) is 6.78. The molecule has 0 aliphatic heterocycles. The van der Waals surface area contributed by atoms with Crippen molar-refractivity contribution in [2.75, 3.05) is 18.6 Å². The minimum Gasteiger partial charge on any atom is -0.398 e. The van der Waals surface area contributed by atoms with Crippen LogP contribution < -0.4 is 11.1 Å². The summed E-state index contributed by atoms with van der Waals surface area (Å²) in [5.41, 5.74) is 7.77. The van der Waals surface area contributed by atoms with Crippen LogP contribution in [0.1, 0.15) is 12.5 Å². The second-order valence-electron chi connectivity index (χ2n) is 3.83. The molecule has 0 saturated carbocycles. The van der Waals surface area contributed by atoms with Crippen LogP contribution in [0.3, 0.4) is 0 Å². The molecule has 90 valence electrons. The number of benzene rings is 1. The molecule has 0 radical (unpaired) electrons. The van der Waals surface area contributed by atoms with Crippen LogP contribution in [0.5, 0.6) is 0 Å². The molecule has 2 atom stereocenters. The molecule has 1 rings (SSSR count). The molecule has 0 heterocycles. The molecule has 1 aromatic rings. The highest BCUT2D eigenvalue weighted by Gasteiger charge is 2.14. The van der Waals surface area contributed by atoms with E-state index in [1.54, 1.807) is 11.8 Å². The molecular formula is C12H20N2OS. The van der Waals surface area contributed by atoms with Crippen molar-refractivity contribution in [2.45, 2.75) is 24.8 Å². The molecule has 4 heteroatoms. The van der Waals surface area contributed by atoms with E-state index in [1.165, 1.54) is 0 Å². The molecule has 0 bridgehead atoms. The van der Waals surface area contributed by atoms with Gasteiger partial charge in [-0.3, -0.25) is 0 Å². The van der Waals surface area contributed by atoms with Gasteiger partial charge >= 0.3 is 0 Å². The SMILES string of the molecule is CSC(CO)C(C)NCc1ccccc1N. The fourth-order valence-electron chi connectivity index (χ4n) is 1.53. The number of nitrogen functional groups attached to an aromatic ring is 1. The van der Waals surface area contributed by atoms with E-state index in [1.807, 2.05) is 30.5 Å². The van der Waals surface area contributed by atoms with E-state index < -0.39 is 0 Å². The van der Waals surface area contributed by atoms with Crippen LogP contribution in [-0.2, 0) is 6.54 Å². The third-order valence-corrected chi connectivity index (χ3v) is 3.87. The Morgan fingerprint density at radius 3 is 2.69 bits per heavy atom. The van der Waals surface area contributed by atoms with Gasteiger partial charge in [-0.2, -0.15) is 11.8 Å². The van der Waals surface area contributed by atoms with Crippen LogP contribution in [0.25, 0.3) is 0 Å². The Morgan fingerprint density at radius 2 is 2.12 bits per heavy atom. The molecule has 0 amide bonds. The largest absolute Gasteiger partial charge is 0.398 e. The maximum Gasteiger partial charge on any atom is 0.0564 e. The number of nitrogens with one attached hydrogen (secondary N) is 1. The van der Waals surface area contributed by atoms with Gasteiger partial charge in [-0.05, 0) is 24.8 Å². The van der Waals surface area contributed by atoms with Crippen LogP contribution in [0, 0.1) is 0 Å². The molecule has 3 nitrogen and oxygen atoms in total. The van der Waals surface area contributed by atoms with E-state index in [4.69, 9.17) is 10.8 Å². The smallest absolute Gasteiger partial charge is 0.0564 e. The number of rotatable bonds is 6. The predicted octanol–water partition coefficient (Wildman–Crippen LogP) is 1.47. The van der Waals surface area contributed by atoms with Crippen LogP contribution >= 0.6 is 11.8 Å². The first-order valence-corrected chi connectivity index (χ1v) is 6.68. The maximum absolute atomic E-state index is 9.16. The van der Waals surface area contributed by atoms with Crippen LogP contribution in [0.15, 0.2) is 24.3 Å². The lowest BCUT2D eigenvalue weighted by Gasteiger charge is -2.21. The van der Waals surface area contributed by atoms with Crippen molar-refractivity contribution >= 4 is 17.4 Å². The third kappa shape index (κ3) is 3.70. The molecule has 0 saturated heterocycles. The van der Waals surface area contributed by atoms with E-state index in [0.717, 1.165) is 17.8 Å². The second-order valence-corrected chi connectivity index (χ2v) is 4.90. The Hall–Kier alpha value is -0.710. The molecule has 16 heavy (non-hydrogen) atoms. The van der Waals surface area contributed by atoms with Gasteiger partial charge in [-0.25, -0.2) is 0 Å². The topological polar surface area (TPSA) is 58.3 Å². The maximum atomic E-state index is 9.16. The first-order chi connectivity index (χ1) is 7.69. The lowest BCUT2D eigenvalue weighted by Crippen LogP contribution is -2.37. The Bertz CT molecular complexity index is 316. The normalized spacial score (nSPS) is 14.7. The summed E-state index contributed by atoms with van der Waals surface area (Å²) in [6, 6.07) is 8.10. The van der Waals surface area contributed by atoms with Crippen molar-refractivity contribution in [3.05, 3.63) is 29.8 Å². The third-order valence-electron chi connectivity index (χ3n) is 2.71. The predicted molar refractivity (Wildman–Crippen MR) is 71.5 cm³/mol. The zero-order chi connectivity index (χ0) is 12.0. The van der Waals surface area contributed by atoms with Crippen molar-refractivity contribution in [3.8, 4) is 0 Å². The number of anilines is 1. The number of hydrogen-bond acceptors (Lipinski definition) is 4. The van der Waals surface area contributed by atoms with Crippen LogP contribution in [0.2, 0.25) is 0 Å². The highest BCUT2D eigenvalue weighted by Crippen LogP contribution is 2.13. The van der Waals surface area contributed by atoms with Gasteiger partial charge in [0.2, 0.25) is 0 Å². The van der Waals surface area contributed by atoms with E-state index >= 15 is 0 Å². The van der Waals surface area contributed by atoms with Crippen molar-refractivity contribution in [1.82, 2.24) is 5.32 Å². The van der Waals surface area contributed by atoms with Gasteiger partial charge in [0, 0.05) is 23.5 Å². The van der Waals surface area contributed by atoms with Crippen molar-refractivity contribution in [1.29, 1.82) is 0 Å². The quantitative estimate of drug-likeness (QED) is 0.659. The molecular weight excluding hydrogens is 220 g/mol. The number of para-hydroxylation sites is 1. The first-order valence-electron chi connectivity index (χ1n) is 5.39. The van der Waals surface area contributed by atoms with Crippen LogP contribution in [-0.4, -0.2) is 29.3 Å². The van der Waals surface area contributed by atoms with E-state index in [0.29, 0.717) is 0 Å². The Balaban J connectivity index is 2.48. The lowest BCUT2D eigenvalue weighted by atomic mass is 10.1. The average molecular weight is 240 g/mol.